The largest absolute Gasteiger partial charge is 0.493 e. The number of methoxy groups -OCH3 is 1. The van der Waals surface area contributed by atoms with Gasteiger partial charge >= 0.3 is 5.97 Å². The maximum Gasteiger partial charge on any atom is 0.345 e. The molecule has 28 heavy (non-hydrogen) atoms. The van der Waals surface area contributed by atoms with Gasteiger partial charge in [0.2, 0.25) is 0 Å². The Balaban J connectivity index is 1.86. The van der Waals surface area contributed by atoms with Crippen molar-refractivity contribution < 1.29 is 24.1 Å². The van der Waals surface area contributed by atoms with E-state index in [1.54, 1.807) is 42.5 Å². The number of hydrogen-bond donors (Lipinski definition) is 1. The predicted octanol–water partition coefficient (Wildman–Crippen LogP) is 5.22. The van der Waals surface area contributed by atoms with Crippen molar-refractivity contribution in [2.45, 2.75) is 12.5 Å². The highest BCUT2D eigenvalue weighted by Gasteiger charge is 2.24. The van der Waals surface area contributed by atoms with E-state index >= 15 is 0 Å². The molecule has 0 spiro atoms. The summed E-state index contributed by atoms with van der Waals surface area (Å²) in [6.07, 6.45) is -1.08. The Kier molecular flexibility index (Phi) is 6.40. The zero-order valence-corrected chi connectivity index (χ0v) is 15.9. The smallest absolute Gasteiger partial charge is 0.345 e. The van der Waals surface area contributed by atoms with Gasteiger partial charge in [-0.15, -0.1) is 0 Å². The summed E-state index contributed by atoms with van der Waals surface area (Å²) < 4.78 is 16.9. The van der Waals surface area contributed by atoms with E-state index in [0.29, 0.717) is 33.6 Å². The van der Waals surface area contributed by atoms with Gasteiger partial charge in [-0.1, -0.05) is 41.9 Å². The summed E-state index contributed by atoms with van der Waals surface area (Å²) in [5.74, 6) is 0.871. The van der Waals surface area contributed by atoms with Crippen LogP contribution < -0.4 is 14.2 Å². The van der Waals surface area contributed by atoms with E-state index in [1.807, 2.05) is 30.3 Å². The van der Waals surface area contributed by atoms with Crippen LogP contribution in [0.2, 0.25) is 5.02 Å². The Morgan fingerprint density at radius 2 is 1.64 bits per heavy atom. The third kappa shape index (κ3) is 4.96. The van der Waals surface area contributed by atoms with Crippen molar-refractivity contribution in [2.75, 3.05) is 7.11 Å². The third-order valence-electron chi connectivity index (χ3n) is 4.01. The predicted molar refractivity (Wildman–Crippen MR) is 107 cm³/mol. The Labute approximate surface area is 168 Å². The Hall–Kier alpha value is -3.18. The second-order valence-electron chi connectivity index (χ2n) is 5.97. The van der Waals surface area contributed by atoms with Crippen molar-refractivity contribution >= 4 is 17.6 Å². The summed E-state index contributed by atoms with van der Waals surface area (Å²) in [6, 6.07) is 21.2. The normalized spacial score (nSPS) is 11.5. The van der Waals surface area contributed by atoms with Crippen LogP contribution in [0.1, 0.15) is 5.56 Å². The number of aliphatic carboxylic acids is 1. The minimum atomic E-state index is -1.15. The van der Waals surface area contributed by atoms with Crippen molar-refractivity contribution in [1.29, 1.82) is 0 Å². The molecule has 0 unspecified atom stereocenters. The number of carboxylic acid groups (broad SMARTS) is 1. The monoisotopic (exact) mass is 398 g/mol. The number of carboxylic acids is 1. The van der Waals surface area contributed by atoms with E-state index in [4.69, 9.17) is 25.8 Å². The highest BCUT2D eigenvalue weighted by atomic mass is 35.5. The van der Waals surface area contributed by atoms with Crippen molar-refractivity contribution in [3.8, 4) is 23.0 Å². The van der Waals surface area contributed by atoms with E-state index in [-0.39, 0.29) is 6.42 Å². The average Bonchev–Trinajstić information content (AvgIpc) is 2.70. The molecule has 0 saturated heterocycles. The summed E-state index contributed by atoms with van der Waals surface area (Å²) in [6.45, 7) is 0. The van der Waals surface area contributed by atoms with E-state index < -0.39 is 12.1 Å². The van der Waals surface area contributed by atoms with Crippen LogP contribution in [0.25, 0.3) is 0 Å². The van der Waals surface area contributed by atoms with Crippen LogP contribution in [-0.4, -0.2) is 24.3 Å². The van der Waals surface area contributed by atoms with Crippen LogP contribution in [0.15, 0.2) is 72.8 Å². The summed E-state index contributed by atoms with van der Waals surface area (Å²) in [5.41, 5.74) is 0.624. The first-order valence-corrected chi connectivity index (χ1v) is 8.98. The molecule has 1 atom stereocenters. The van der Waals surface area contributed by atoms with Gasteiger partial charge < -0.3 is 19.3 Å². The molecule has 0 aliphatic rings. The highest BCUT2D eigenvalue weighted by Crippen LogP contribution is 2.31. The lowest BCUT2D eigenvalue weighted by Crippen LogP contribution is -2.29. The first-order valence-electron chi connectivity index (χ1n) is 8.60. The molecule has 0 bridgehead atoms. The van der Waals surface area contributed by atoms with E-state index in [2.05, 4.69) is 0 Å². The zero-order valence-electron chi connectivity index (χ0n) is 15.2. The van der Waals surface area contributed by atoms with E-state index in [1.165, 1.54) is 7.11 Å². The summed E-state index contributed by atoms with van der Waals surface area (Å²) >= 11 is 6.13. The minimum Gasteiger partial charge on any atom is -0.493 e. The van der Waals surface area contributed by atoms with Gasteiger partial charge in [0.15, 0.2) is 17.6 Å². The quantitative estimate of drug-likeness (QED) is 0.563. The molecule has 6 heteroatoms. The number of carbonyl (C=O) groups is 1. The second-order valence-corrected chi connectivity index (χ2v) is 6.40. The molecule has 3 aromatic carbocycles. The van der Waals surface area contributed by atoms with Gasteiger partial charge in [0.25, 0.3) is 0 Å². The number of benzene rings is 3. The van der Waals surface area contributed by atoms with Crippen LogP contribution in [0.3, 0.4) is 0 Å². The van der Waals surface area contributed by atoms with Gasteiger partial charge in [0, 0.05) is 17.0 Å². The van der Waals surface area contributed by atoms with Gasteiger partial charge in [-0.25, -0.2) is 4.79 Å². The molecule has 0 aliphatic carbocycles. The average molecular weight is 399 g/mol. The molecule has 5 nitrogen and oxygen atoms in total. The summed E-state index contributed by atoms with van der Waals surface area (Å²) in [5, 5.41) is 10.2. The van der Waals surface area contributed by atoms with Gasteiger partial charge in [0.05, 0.1) is 7.11 Å². The minimum absolute atomic E-state index is 0.0656. The van der Waals surface area contributed by atoms with E-state index in [9.17, 15) is 9.90 Å². The molecule has 1 N–H and O–H groups in total. The number of ether oxygens (including phenoxy) is 3. The SMILES string of the molecule is COc1ccccc1O[C@@H](Cc1cc(Cl)ccc1Oc1ccccc1)C(=O)O. The zero-order chi connectivity index (χ0) is 19.9. The Morgan fingerprint density at radius 3 is 2.32 bits per heavy atom. The highest BCUT2D eigenvalue weighted by molar-refractivity contribution is 6.30. The maximum absolute atomic E-state index is 11.8. The van der Waals surface area contributed by atoms with Gasteiger partial charge in [-0.2, -0.15) is 0 Å². The fourth-order valence-electron chi connectivity index (χ4n) is 2.67. The second kappa shape index (κ2) is 9.15. The molecule has 3 rings (SSSR count). The molecule has 0 radical (unpaired) electrons. The van der Waals surface area contributed by atoms with Crippen molar-refractivity contribution in [2.24, 2.45) is 0 Å². The van der Waals surface area contributed by atoms with Crippen LogP contribution >= 0.6 is 11.6 Å². The Morgan fingerprint density at radius 1 is 0.964 bits per heavy atom. The summed E-state index contributed by atoms with van der Waals surface area (Å²) in [7, 11) is 1.50. The number of halogens is 1. The lowest BCUT2D eigenvalue weighted by atomic mass is 10.1. The van der Waals surface area contributed by atoms with Crippen LogP contribution in [0, 0.1) is 0 Å². The van der Waals surface area contributed by atoms with Gasteiger partial charge in [-0.05, 0) is 42.5 Å². The molecule has 0 fully saturated rings. The van der Waals surface area contributed by atoms with Crippen LogP contribution in [0.4, 0.5) is 0 Å². The maximum atomic E-state index is 11.8. The van der Waals surface area contributed by atoms with Crippen molar-refractivity contribution in [3.05, 3.63) is 83.4 Å². The molecule has 0 amide bonds. The first kappa shape index (κ1) is 19.6. The van der Waals surface area contributed by atoms with Crippen LogP contribution in [-0.2, 0) is 11.2 Å². The van der Waals surface area contributed by atoms with Gasteiger partial charge in [0.1, 0.15) is 11.5 Å². The Bertz CT molecular complexity index is 943. The molecule has 0 saturated carbocycles. The van der Waals surface area contributed by atoms with Crippen molar-refractivity contribution in [3.63, 3.8) is 0 Å². The summed E-state index contributed by atoms with van der Waals surface area (Å²) in [4.78, 5) is 11.8. The standard InChI is InChI=1S/C22H19ClO5/c1-26-19-9-5-6-10-20(19)28-21(22(24)25)14-15-13-16(23)11-12-18(15)27-17-7-3-2-4-8-17/h2-13,21H,14H2,1H3,(H,24,25)/t21-/m0/s1. The number of para-hydroxylation sites is 3. The fourth-order valence-corrected chi connectivity index (χ4v) is 2.87. The molecule has 3 aromatic rings. The molecule has 0 heterocycles. The first-order chi connectivity index (χ1) is 13.6. The van der Waals surface area contributed by atoms with Crippen molar-refractivity contribution in [1.82, 2.24) is 0 Å². The molecule has 0 aliphatic heterocycles. The lowest BCUT2D eigenvalue weighted by Gasteiger charge is -2.19. The van der Waals surface area contributed by atoms with Crippen LogP contribution in [0.5, 0.6) is 23.0 Å². The molecule has 144 valence electrons. The molecule has 0 aromatic heterocycles. The topological polar surface area (TPSA) is 65.0 Å². The fraction of sp³-hybridized carbons (Fsp3) is 0.136. The third-order valence-corrected chi connectivity index (χ3v) is 4.25. The lowest BCUT2D eigenvalue weighted by molar-refractivity contribution is -0.145. The van der Waals surface area contributed by atoms with Gasteiger partial charge in [-0.3, -0.25) is 0 Å². The number of rotatable bonds is 8. The molecular formula is C22H19ClO5. The number of hydrogen-bond acceptors (Lipinski definition) is 4. The van der Waals surface area contributed by atoms with E-state index in [0.717, 1.165) is 0 Å². The molecular weight excluding hydrogens is 380 g/mol.